The Kier molecular flexibility index (Phi) is 25.9. The van der Waals surface area contributed by atoms with Gasteiger partial charge in [-0.1, -0.05) is 103 Å². The van der Waals surface area contributed by atoms with Gasteiger partial charge in [-0.25, -0.2) is 0 Å². The number of hydrogen-bond acceptors (Lipinski definition) is 2. The SMILES string of the molecule is CCCC/C=C\CC/C=C\CCCCCC(OCCCCCC)OCCCCCC. The van der Waals surface area contributed by atoms with E-state index in [9.17, 15) is 0 Å². The van der Waals surface area contributed by atoms with Crippen LogP contribution in [0.1, 0.15) is 136 Å². The third kappa shape index (κ3) is 23.7. The highest BCUT2D eigenvalue weighted by atomic mass is 16.7. The van der Waals surface area contributed by atoms with Crippen LogP contribution in [-0.2, 0) is 9.47 Å². The smallest absolute Gasteiger partial charge is 0.157 e. The number of hydrogen-bond donors (Lipinski definition) is 0. The molecule has 0 unspecified atom stereocenters. The number of allylic oxidation sites excluding steroid dienone is 4. The Bertz CT molecular complexity index is 348. The minimum absolute atomic E-state index is 0.0169. The van der Waals surface area contributed by atoms with Gasteiger partial charge >= 0.3 is 0 Å². The van der Waals surface area contributed by atoms with E-state index >= 15 is 0 Å². The molecule has 0 saturated carbocycles. The number of rotatable bonds is 24. The fourth-order valence-electron chi connectivity index (χ4n) is 3.44. The van der Waals surface area contributed by atoms with E-state index in [2.05, 4.69) is 45.1 Å². The maximum atomic E-state index is 6.06. The predicted molar refractivity (Wildman–Crippen MR) is 134 cm³/mol. The van der Waals surface area contributed by atoms with Crippen molar-refractivity contribution >= 4 is 0 Å². The second-order valence-electron chi connectivity index (χ2n) is 8.59. The minimum Gasteiger partial charge on any atom is -0.353 e. The van der Waals surface area contributed by atoms with Gasteiger partial charge in [-0.05, 0) is 57.8 Å². The summed E-state index contributed by atoms with van der Waals surface area (Å²) in [6, 6.07) is 0. The molecule has 0 atom stereocenters. The zero-order valence-corrected chi connectivity index (χ0v) is 20.8. The van der Waals surface area contributed by atoms with Crippen molar-refractivity contribution < 1.29 is 9.47 Å². The second kappa shape index (κ2) is 26.4. The van der Waals surface area contributed by atoms with Crippen molar-refractivity contribution in [1.29, 1.82) is 0 Å². The lowest BCUT2D eigenvalue weighted by Gasteiger charge is -2.19. The van der Waals surface area contributed by atoms with Crippen LogP contribution in [0.3, 0.4) is 0 Å². The largest absolute Gasteiger partial charge is 0.353 e. The van der Waals surface area contributed by atoms with Gasteiger partial charge in [0.05, 0.1) is 0 Å². The van der Waals surface area contributed by atoms with Crippen molar-refractivity contribution in [2.75, 3.05) is 13.2 Å². The van der Waals surface area contributed by atoms with Crippen LogP contribution in [0.2, 0.25) is 0 Å². The minimum atomic E-state index is 0.0169. The van der Waals surface area contributed by atoms with Crippen LogP contribution in [0.4, 0.5) is 0 Å². The molecule has 0 bridgehead atoms. The lowest BCUT2D eigenvalue weighted by atomic mass is 10.1. The molecular weight excluding hydrogens is 368 g/mol. The highest BCUT2D eigenvalue weighted by Crippen LogP contribution is 2.13. The van der Waals surface area contributed by atoms with E-state index in [1.165, 1.54) is 109 Å². The van der Waals surface area contributed by atoms with Crippen LogP contribution in [-0.4, -0.2) is 19.5 Å². The van der Waals surface area contributed by atoms with Crippen LogP contribution in [0.15, 0.2) is 24.3 Å². The van der Waals surface area contributed by atoms with E-state index in [4.69, 9.17) is 9.47 Å². The normalized spacial score (nSPS) is 12.1. The first-order valence-corrected chi connectivity index (χ1v) is 13.4. The molecule has 0 rings (SSSR count). The Balaban J connectivity index is 3.76. The molecule has 178 valence electrons. The number of ether oxygens (including phenoxy) is 2. The molecule has 0 aromatic carbocycles. The van der Waals surface area contributed by atoms with Crippen molar-refractivity contribution in [2.24, 2.45) is 0 Å². The zero-order chi connectivity index (χ0) is 22.0. The molecule has 0 aromatic heterocycles. The Labute approximate surface area is 189 Å². The maximum Gasteiger partial charge on any atom is 0.157 e. The summed E-state index contributed by atoms with van der Waals surface area (Å²) < 4.78 is 12.1. The Morgan fingerprint density at radius 3 is 1.47 bits per heavy atom. The first kappa shape index (κ1) is 29.4. The molecule has 0 aromatic rings. The molecule has 0 heterocycles. The van der Waals surface area contributed by atoms with E-state index in [1.807, 2.05) is 0 Å². The zero-order valence-electron chi connectivity index (χ0n) is 20.8. The van der Waals surface area contributed by atoms with E-state index in [0.29, 0.717) is 0 Å². The van der Waals surface area contributed by atoms with Gasteiger partial charge in [0.15, 0.2) is 6.29 Å². The van der Waals surface area contributed by atoms with Crippen LogP contribution in [0.25, 0.3) is 0 Å². The van der Waals surface area contributed by atoms with Crippen molar-refractivity contribution in [3.05, 3.63) is 24.3 Å². The van der Waals surface area contributed by atoms with E-state index < -0.39 is 0 Å². The second-order valence-corrected chi connectivity index (χ2v) is 8.59. The van der Waals surface area contributed by atoms with Crippen LogP contribution < -0.4 is 0 Å². The number of unbranched alkanes of at least 4 members (excludes halogenated alkanes) is 12. The van der Waals surface area contributed by atoms with Gasteiger partial charge in [-0.2, -0.15) is 0 Å². The molecule has 0 aliphatic heterocycles. The standard InChI is InChI=1S/C28H54O2/c1-4-7-10-13-14-15-16-17-18-19-20-21-22-25-28(29-26-23-11-8-5-2)30-27-24-12-9-6-3/h13-14,17-18,28H,4-12,15-16,19-27H2,1-3H3/b14-13-,18-17-. The Morgan fingerprint density at radius 2 is 0.933 bits per heavy atom. The van der Waals surface area contributed by atoms with Crippen LogP contribution in [0, 0.1) is 0 Å². The van der Waals surface area contributed by atoms with Gasteiger partial charge in [-0.3, -0.25) is 0 Å². The van der Waals surface area contributed by atoms with E-state index in [1.54, 1.807) is 0 Å². The molecule has 2 nitrogen and oxygen atoms in total. The molecule has 0 radical (unpaired) electrons. The van der Waals surface area contributed by atoms with Crippen LogP contribution in [0.5, 0.6) is 0 Å². The first-order valence-electron chi connectivity index (χ1n) is 13.4. The molecular formula is C28H54O2. The summed E-state index contributed by atoms with van der Waals surface area (Å²) in [5.74, 6) is 0. The van der Waals surface area contributed by atoms with E-state index in [0.717, 1.165) is 19.6 Å². The molecule has 0 aliphatic carbocycles. The Hall–Kier alpha value is -0.600. The van der Waals surface area contributed by atoms with Gasteiger partial charge in [0.2, 0.25) is 0 Å². The van der Waals surface area contributed by atoms with Gasteiger partial charge in [-0.15, -0.1) is 0 Å². The summed E-state index contributed by atoms with van der Waals surface area (Å²) in [6.45, 7) is 8.47. The van der Waals surface area contributed by atoms with Gasteiger partial charge in [0, 0.05) is 13.2 Å². The molecule has 0 aliphatic rings. The van der Waals surface area contributed by atoms with Gasteiger partial charge in [0.25, 0.3) is 0 Å². The molecule has 0 spiro atoms. The average molecular weight is 423 g/mol. The highest BCUT2D eigenvalue weighted by molar-refractivity contribution is 4.88. The lowest BCUT2D eigenvalue weighted by Crippen LogP contribution is -2.19. The predicted octanol–water partition coefficient (Wildman–Crippen LogP) is 9.54. The molecule has 0 N–H and O–H groups in total. The van der Waals surface area contributed by atoms with Crippen molar-refractivity contribution in [3.8, 4) is 0 Å². The molecule has 0 fully saturated rings. The topological polar surface area (TPSA) is 18.5 Å². The quantitative estimate of drug-likeness (QED) is 0.0875. The molecule has 0 amide bonds. The van der Waals surface area contributed by atoms with Crippen LogP contribution >= 0.6 is 0 Å². The summed E-state index contributed by atoms with van der Waals surface area (Å²) in [4.78, 5) is 0. The summed E-state index contributed by atoms with van der Waals surface area (Å²) in [7, 11) is 0. The van der Waals surface area contributed by atoms with Gasteiger partial charge < -0.3 is 9.47 Å². The molecule has 2 heteroatoms. The maximum absolute atomic E-state index is 6.06. The summed E-state index contributed by atoms with van der Waals surface area (Å²) in [5, 5.41) is 0. The summed E-state index contributed by atoms with van der Waals surface area (Å²) in [6.07, 6.45) is 31.7. The molecule has 30 heavy (non-hydrogen) atoms. The van der Waals surface area contributed by atoms with Crippen molar-refractivity contribution in [2.45, 2.75) is 143 Å². The third-order valence-corrected chi connectivity index (χ3v) is 5.47. The highest BCUT2D eigenvalue weighted by Gasteiger charge is 2.09. The average Bonchev–Trinajstić information content (AvgIpc) is 2.76. The third-order valence-electron chi connectivity index (χ3n) is 5.47. The first-order chi connectivity index (χ1) is 14.8. The van der Waals surface area contributed by atoms with Crippen molar-refractivity contribution in [1.82, 2.24) is 0 Å². The monoisotopic (exact) mass is 422 g/mol. The lowest BCUT2D eigenvalue weighted by molar-refractivity contribution is -0.148. The van der Waals surface area contributed by atoms with E-state index in [-0.39, 0.29) is 6.29 Å². The fraction of sp³-hybridized carbons (Fsp3) is 0.857. The fourth-order valence-corrected chi connectivity index (χ4v) is 3.44. The Morgan fingerprint density at radius 1 is 0.467 bits per heavy atom. The summed E-state index contributed by atoms with van der Waals surface area (Å²) in [5.41, 5.74) is 0. The van der Waals surface area contributed by atoms with Crippen molar-refractivity contribution in [3.63, 3.8) is 0 Å². The molecule has 0 saturated heterocycles. The summed E-state index contributed by atoms with van der Waals surface area (Å²) >= 11 is 0. The van der Waals surface area contributed by atoms with Gasteiger partial charge in [0.1, 0.15) is 0 Å².